The van der Waals surface area contributed by atoms with Crippen LogP contribution >= 0.6 is 11.3 Å². The average molecular weight is 288 g/mol. The van der Waals surface area contributed by atoms with Crippen LogP contribution in [0.4, 0.5) is 13.2 Å². The van der Waals surface area contributed by atoms with Gasteiger partial charge in [0.1, 0.15) is 5.54 Å². The molecule has 2 rings (SSSR count). The summed E-state index contributed by atoms with van der Waals surface area (Å²) < 4.78 is 38.4. The molecule has 19 heavy (non-hydrogen) atoms. The second-order valence-corrected chi connectivity index (χ2v) is 5.99. The zero-order chi connectivity index (χ0) is 13.9. The fourth-order valence-electron chi connectivity index (χ4n) is 2.53. The van der Waals surface area contributed by atoms with Crippen LogP contribution in [0, 0.1) is 17.2 Å². The fourth-order valence-corrected chi connectivity index (χ4v) is 3.17. The lowest BCUT2D eigenvalue weighted by Gasteiger charge is -2.37. The maximum absolute atomic E-state index is 12.8. The van der Waals surface area contributed by atoms with Gasteiger partial charge in [0.05, 0.1) is 12.0 Å². The SMILES string of the molecule is N#CC1(NCc2cccs2)CCCC(C(F)(F)F)C1. The second-order valence-electron chi connectivity index (χ2n) is 4.96. The number of hydrogen-bond donors (Lipinski definition) is 1. The maximum Gasteiger partial charge on any atom is 0.391 e. The molecule has 6 heteroatoms. The topological polar surface area (TPSA) is 35.8 Å². The number of alkyl halides is 3. The lowest BCUT2D eigenvalue weighted by molar-refractivity contribution is -0.186. The molecule has 0 aromatic carbocycles. The Morgan fingerprint density at radius 1 is 1.53 bits per heavy atom. The van der Waals surface area contributed by atoms with Crippen molar-refractivity contribution in [3.63, 3.8) is 0 Å². The van der Waals surface area contributed by atoms with E-state index in [-0.39, 0.29) is 12.8 Å². The Bertz CT molecular complexity index is 449. The highest BCUT2D eigenvalue weighted by Gasteiger charge is 2.47. The van der Waals surface area contributed by atoms with Crippen LogP contribution in [0.25, 0.3) is 0 Å². The number of hydrogen-bond acceptors (Lipinski definition) is 3. The van der Waals surface area contributed by atoms with Crippen LogP contribution in [-0.2, 0) is 6.54 Å². The third-order valence-electron chi connectivity index (χ3n) is 3.61. The molecule has 1 aliphatic rings. The van der Waals surface area contributed by atoms with Crippen molar-refractivity contribution < 1.29 is 13.2 Å². The molecule has 0 bridgehead atoms. The molecule has 2 atom stereocenters. The lowest BCUT2D eigenvalue weighted by atomic mass is 9.76. The molecule has 1 aromatic rings. The number of nitrogens with one attached hydrogen (secondary N) is 1. The number of rotatable bonds is 3. The van der Waals surface area contributed by atoms with Crippen LogP contribution in [0.15, 0.2) is 17.5 Å². The highest BCUT2D eigenvalue weighted by Crippen LogP contribution is 2.41. The summed E-state index contributed by atoms with van der Waals surface area (Å²) >= 11 is 1.53. The van der Waals surface area contributed by atoms with Crippen molar-refractivity contribution in [2.75, 3.05) is 0 Å². The van der Waals surface area contributed by atoms with Crippen LogP contribution in [0.5, 0.6) is 0 Å². The Kier molecular flexibility index (Phi) is 4.16. The molecule has 1 fully saturated rings. The molecule has 1 N–H and O–H groups in total. The first kappa shape index (κ1) is 14.4. The molecule has 1 saturated carbocycles. The zero-order valence-electron chi connectivity index (χ0n) is 10.3. The fraction of sp³-hybridized carbons (Fsp3) is 0.615. The predicted octanol–water partition coefficient (Wildman–Crippen LogP) is 3.85. The van der Waals surface area contributed by atoms with E-state index in [1.165, 1.54) is 11.3 Å². The van der Waals surface area contributed by atoms with Gasteiger partial charge in [-0.25, -0.2) is 0 Å². The van der Waals surface area contributed by atoms with Gasteiger partial charge in [-0.1, -0.05) is 6.07 Å². The predicted molar refractivity (Wildman–Crippen MR) is 67.5 cm³/mol. The molecule has 0 saturated heterocycles. The van der Waals surface area contributed by atoms with Gasteiger partial charge in [-0.2, -0.15) is 18.4 Å². The van der Waals surface area contributed by atoms with Gasteiger partial charge < -0.3 is 0 Å². The van der Waals surface area contributed by atoms with Crippen LogP contribution in [0.3, 0.4) is 0 Å². The number of nitrogens with zero attached hydrogens (tertiary/aromatic N) is 1. The molecule has 1 aromatic heterocycles. The summed E-state index contributed by atoms with van der Waals surface area (Å²) in [4.78, 5) is 1.03. The minimum Gasteiger partial charge on any atom is -0.294 e. The molecular weight excluding hydrogens is 273 g/mol. The van der Waals surface area contributed by atoms with Gasteiger partial charge in [0.25, 0.3) is 0 Å². The van der Waals surface area contributed by atoms with Crippen LogP contribution < -0.4 is 5.32 Å². The second kappa shape index (κ2) is 5.51. The van der Waals surface area contributed by atoms with Crippen molar-refractivity contribution in [3.8, 4) is 6.07 Å². The molecular formula is C13H15F3N2S. The van der Waals surface area contributed by atoms with E-state index in [0.717, 1.165) is 4.88 Å². The summed E-state index contributed by atoms with van der Waals surface area (Å²) in [6.45, 7) is 0.454. The Morgan fingerprint density at radius 3 is 2.89 bits per heavy atom. The van der Waals surface area contributed by atoms with E-state index in [0.29, 0.717) is 19.4 Å². The van der Waals surface area contributed by atoms with E-state index in [9.17, 15) is 18.4 Å². The minimum atomic E-state index is -4.20. The molecule has 0 spiro atoms. The number of halogens is 3. The smallest absolute Gasteiger partial charge is 0.294 e. The van der Waals surface area contributed by atoms with Crippen molar-refractivity contribution in [3.05, 3.63) is 22.4 Å². The first-order valence-electron chi connectivity index (χ1n) is 6.21. The van der Waals surface area contributed by atoms with Gasteiger partial charge in [-0.15, -0.1) is 11.3 Å². The average Bonchev–Trinajstić information content (AvgIpc) is 2.89. The third-order valence-corrected chi connectivity index (χ3v) is 4.49. The van der Waals surface area contributed by atoms with Crippen molar-refractivity contribution in [2.24, 2.45) is 5.92 Å². The Morgan fingerprint density at radius 2 is 2.32 bits per heavy atom. The summed E-state index contributed by atoms with van der Waals surface area (Å²) in [5.41, 5.74) is -1.04. The summed E-state index contributed by atoms with van der Waals surface area (Å²) in [5.74, 6) is -1.36. The molecule has 0 aliphatic heterocycles. The van der Waals surface area contributed by atoms with Crippen molar-refractivity contribution in [2.45, 2.75) is 43.9 Å². The van der Waals surface area contributed by atoms with Gasteiger partial charge in [-0.05, 0) is 37.1 Å². The Hall–Kier alpha value is -1.06. The highest BCUT2D eigenvalue weighted by atomic mass is 32.1. The van der Waals surface area contributed by atoms with Crippen molar-refractivity contribution in [1.29, 1.82) is 5.26 Å². The summed E-state index contributed by atoms with van der Waals surface area (Å²) in [7, 11) is 0. The van der Waals surface area contributed by atoms with E-state index in [4.69, 9.17) is 0 Å². The van der Waals surface area contributed by atoms with E-state index >= 15 is 0 Å². The van der Waals surface area contributed by atoms with Gasteiger partial charge in [-0.3, -0.25) is 5.32 Å². The highest BCUT2D eigenvalue weighted by molar-refractivity contribution is 7.09. The standard InChI is InChI=1S/C13H15F3N2S/c14-13(15,16)10-3-1-5-12(7-10,9-17)18-8-11-4-2-6-19-11/h2,4,6,10,18H,1,3,5,7-8H2. The third kappa shape index (κ3) is 3.48. The van der Waals surface area contributed by atoms with Crippen molar-refractivity contribution in [1.82, 2.24) is 5.32 Å². The molecule has 2 nitrogen and oxygen atoms in total. The molecule has 0 amide bonds. The lowest BCUT2D eigenvalue weighted by Crippen LogP contribution is -2.49. The number of thiophene rings is 1. The number of nitriles is 1. The summed E-state index contributed by atoms with van der Waals surface area (Å²) in [5, 5.41) is 14.2. The molecule has 1 heterocycles. The zero-order valence-corrected chi connectivity index (χ0v) is 11.2. The molecule has 2 unspecified atom stereocenters. The molecule has 1 aliphatic carbocycles. The van der Waals surface area contributed by atoms with E-state index < -0.39 is 17.6 Å². The molecule has 104 valence electrons. The van der Waals surface area contributed by atoms with Crippen LogP contribution in [0.1, 0.15) is 30.6 Å². The van der Waals surface area contributed by atoms with Crippen LogP contribution in [0.2, 0.25) is 0 Å². The minimum absolute atomic E-state index is 0.133. The van der Waals surface area contributed by atoms with Gasteiger partial charge in [0, 0.05) is 11.4 Å². The maximum atomic E-state index is 12.8. The van der Waals surface area contributed by atoms with Gasteiger partial charge in [0.15, 0.2) is 0 Å². The summed E-state index contributed by atoms with van der Waals surface area (Å²) in [6, 6.07) is 5.87. The monoisotopic (exact) mass is 288 g/mol. The van der Waals surface area contributed by atoms with Gasteiger partial charge in [0.2, 0.25) is 0 Å². The van der Waals surface area contributed by atoms with E-state index in [1.54, 1.807) is 0 Å². The largest absolute Gasteiger partial charge is 0.391 e. The summed E-state index contributed by atoms with van der Waals surface area (Å²) in [6.07, 6.45) is -3.28. The van der Waals surface area contributed by atoms with E-state index in [1.807, 2.05) is 17.5 Å². The Labute approximate surface area is 114 Å². The first-order chi connectivity index (χ1) is 8.95. The first-order valence-corrected chi connectivity index (χ1v) is 7.08. The van der Waals surface area contributed by atoms with Gasteiger partial charge >= 0.3 is 6.18 Å². The van der Waals surface area contributed by atoms with E-state index in [2.05, 4.69) is 11.4 Å². The Balaban J connectivity index is 2.03. The normalized spacial score (nSPS) is 28.0. The molecule has 0 radical (unpaired) electrons. The quantitative estimate of drug-likeness (QED) is 0.917. The van der Waals surface area contributed by atoms with Crippen LogP contribution in [-0.4, -0.2) is 11.7 Å². The van der Waals surface area contributed by atoms with Crippen molar-refractivity contribution >= 4 is 11.3 Å².